The summed E-state index contributed by atoms with van der Waals surface area (Å²) < 4.78 is 12.7. The number of aryl methyl sites for hydroxylation is 2. The topological polar surface area (TPSA) is 22.4 Å². The molecule has 0 radical (unpaired) electrons. The molecular formula is C33H26O2. The first kappa shape index (κ1) is 20.3. The van der Waals surface area contributed by atoms with E-state index in [0.717, 1.165) is 39.0 Å². The van der Waals surface area contributed by atoms with Gasteiger partial charge in [0, 0.05) is 21.9 Å². The van der Waals surface area contributed by atoms with Crippen LogP contribution in [-0.2, 0) is 0 Å². The Bertz CT molecular complexity index is 1710. The number of rotatable bonds is 2. The molecule has 5 aromatic rings. The van der Waals surface area contributed by atoms with Gasteiger partial charge in [-0.15, -0.1) is 0 Å². The molecule has 0 saturated heterocycles. The molecule has 2 nitrogen and oxygen atoms in total. The van der Waals surface area contributed by atoms with Crippen LogP contribution in [0.3, 0.4) is 0 Å². The summed E-state index contributed by atoms with van der Waals surface area (Å²) >= 11 is 0. The van der Waals surface area contributed by atoms with Gasteiger partial charge in [-0.1, -0.05) is 78.7 Å². The lowest BCUT2D eigenvalue weighted by atomic mass is 9.76. The summed E-state index contributed by atoms with van der Waals surface area (Å²) in [6.07, 6.45) is 4.41. The minimum Gasteiger partial charge on any atom is -0.461 e. The SMILES string of the molecule is Cc1cccc(-c2cc(C3=CC=C4Oc5ccc(C)cc5C4C3C)cc3c2oc2ccccc23)c1. The van der Waals surface area contributed by atoms with Gasteiger partial charge in [-0.2, -0.15) is 0 Å². The van der Waals surface area contributed by atoms with Gasteiger partial charge in [0.2, 0.25) is 0 Å². The summed E-state index contributed by atoms with van der Waals surface area (Å²) in [5.74, 6) is 2.57. The van der Waals surface area contributed by atoms with Gasteiger partial charge in [-0.25, -0.2) is 0 Å². The van der Waals surface area contributed by atoms with E-state index in [1.165, 1.54) is 33.4 Å². The second kappa shape index (κ2) is 7.48. The fourth-order valence-electron chi connectivity index (χ4n) is 5.88. The maximum absolute atomic E-state index is 6.42. The third-order valence-electron chi connectivity index (χ3n) is 7.59. The molecule has 0 bridgehead atoms. The molecule has 1 aromatic heterocycles. The van der Waals surface area contributed by atoms with Crippen LogP contribution in [0.5, 0.6) is 5.75 Å². The van der Waals surface area contributed by atoms with E-state index in [1.54, 1.807) is 0 Å². The van der Waals surface area contributed by atoms with Gasteiger partial charge in [-0.05, 0) is 66.8 Å². The zero-order valence-electron chi connectivity index (χ0n) is 20.1. The van der Waals surface area contributed by atoms with E-state index in [9.17, 15) is 0 Å². The van der Waals surface area contributed by atoms with Crippen LogP contribution in [-0.4, -0.2) is 0 Å². The smallest absolute Gasteiger partial charge is 0.143 e. The molecule has 170 valence electrons. The summed E-state index contributed by atoms with van der Waals surface area (Å²) in [6.45, 7) is 6.62. The Kier molecular flexibility index (Phi) is 4.35. The van der Waals surface area contributed by atoms with E-state index in [-0.39, 0.29) is 5.92 Å². The fraction of sp³-hybridized carbons (Fsp3) is 0.152. The Hall–Kier alpha value is -4.04. The highest BCUT2D eigenvalue weighted by Crippen LogP contribution is 2.51. The molecule has 2 aliphatic rings. The first-order chi connectivity index (χ1) is 17.1. The fourth-order valence-corrected chi connectivity index (χ4v) is 5.88. The van der Waals surface area contributed by atoms with Crippen molar-refractivity contribution in [3.8, 4) is 16.9 Å². The monoisotopic (exact) mass is 454 g/mol. The lowest BCUT2D eigenvalue weighted by molar-refractivity contribution is 0.407. The van der Waals surface area contributed by atoms with E-state index in [0.29, 0.717) is 5.92 Å². The molecule has 7 rings (SSSR count). The zero-order chi connectivity index (χ0) is 23.7. The Labute approximate surface area is 205 Å². The molecule has 1 aliphatic carbocycles. The molecule has 2 unspecified atom stereocenters. The van der Waals surface area contributed by atoms with Crippen LogP contribution in [0.1, 0.15) is 35.1 Å². The van der Waals surface area contributed by atoms with Crippen LogP contribution in [0.25, 0.3) is 38.6 Å². The Morgan fingerprint density at radius 2 is 1.57 bits per heavy atom. The van der Waals surface area contributed by atoms with Crippen molar-refractivity contribution >= 4 is 27.5 Å². The van der Waals surface area contributed by atoms with Crippen molar-refractivity contribution in [1.82, 2.24) is 0 Å². The highest BCUT2D eigenvalue weighted by Gasteiger charge is 2.37. The van der Waals surface area contributed by atoms with E-state index in [4.69, 9.17) is 9.15 Å². The molecule has 2 heterocycles. The molecular weight excluding hydrogens is 428 g/mol. The highest BCUT2D eigenvalue weighted by atomic mass is 16.5. The normalized spacial score (nSPS) is 18.7. The quantitative estimate of drug-likeness (QED) is 0.266. The van der Waals surface area contributed by atoms with E-state index in [2.05, 4.69) is 106 Å². The molecule has 0 amide bonds. The molecule has 4 aromatic carbocycles. The number of furan rings is 1. The summed E-state index contributed by atoms with van der Waals surface area (Å²) in [4.78, 5) is 0. The van der Waals surface area contributed by atoms with Gasteiger partial charge in [0.05, 0.1) is 5.92 Å². The predicted molar refractivity (Wildman–Crippen MR) is 144 cm³/mol. The zero-order valence-corrected chi connectivity index (χ0v) is 20.1. The molecule has 0 N–H and O–H groups in total. The Morgan fingerprint density at radius 1 is 0.714 bits per heavy atom. The van der Waals surface area contributed by atoms with Gasteiger partial charge in [0.15, 0.2) is 0 Å². The van der Waals surface area contributed by atoms with Crippen molar-refractivity contribution in [2.24, 2.45) is 5.92 Å². The molecule has 0 spiro atoms. The number of ether oxygens (including phenoxy) is 1. The maximum Gasteiger partial charge on any atom is 0.143 e. The van der Waals surface area contributed by atoms with E-state index >= 15 is 0 Å². The summed E-state index contributed by atoms with van der Waals surface area (Å²) in [5.41, 5.74) is 10.6. The second-order valence-electron chi connectivity index (χ2n) is 9.97. The molecule has 35 heavy (non-hydrogen) atoms. The Morgan fingerprint density at radius 3 is 2.46 bits per heavy atom. The lowest BCUT2D eigenvalue weighted by Crippen LogP contribution is -2.15. The average Bonchev–Trinajstić information content (AvgIpc) is 3.42. The number of para-hydroxylation sites is 1. The van der Waals surface area contributed by atoms with Gasteiger partial charge < -0.3 is 9.15 Å². The van der Waals surface area contributed by atoms with Gasteiger partial charge >= 0.3 is 0 Å². The summed E-state index contributed by atoms with van der Waals surface area (Å²) in [6, 6.07) is 28.2. The van der Waals surface area contributed by atoms with Crippen molar-refractivity contribution in [3.63, 3.8) is 0 Å². The summed E-state index contributed by atoms with van der Waals surface area (Å²) in [7, 11) is 0. The van der Waals surface area contributed by atoms with E-state index in [1.807, 2.05) is 6.07 Å². The standard InChI is InChI=1S/C33H26O2/c1-19-7-6-8-22(15-19)26-17-23(18-27-25-9-4-5-10-29(25)35-33(26)27)24-12-14-31-32(21(24)3)28-16-20(2)11-13-30(28)34-31/h4-18,21,32H,1-3H3. The molecule has 1 aliphatic heterocycles. The van der Waals surface area contributed by atoms with Crippen molar-refractivity contribution in [1.29, 1.82) is 0 Å². The molecule has 2 atom stereocenters. The van der Waals surface area contributed by atoms with Crippen molar-refractivity contribution in [2.45, 2.75) is 26.7 Å². The number of hydrogen-bond donors (Lipinski definition) is 0. The summed E-state index contributed by atoms with van der Waals surface area (Å²) in [5, 5.41) is 2.32. The number of fused-ring (bicyclic) bond motifs is 6. The van der Waals surface area contributed by atoms with Crippen LogP contribution in [0, 0.1) is 19.8 Å². The van der Waals surface area contributed by atoms with Crippen LogP contribution in [0.15, 0.2) is 101 Å². The third-order valence-corrected chi connectivity index (χ3v) is 7.59. The molecule has 2 heteroatoms. The van der Waals surface area contributed by atoms with Crippen molar-refractivity contribution in [3.05, 3.63) is 119 Å². The first-order valence-electron chi connectivity index (χ1n) is 12.3. The van der Waals surface area contributed by atoms with Crippen LogP contribution in [0.4, 0.5) is 0 Å². The maximum atomic E-state index is 6.42. The first-order valence-corrected chi connectivity index (χ1v) is 12.3. The number of benzene rings is 4. The van der Waals surface area contributed by atoms with Crippen LogP contribution < -0.4 is 4.74 Å². The minimum absolute atomic E-state index is 0.240. The van der Waals surface area contributed by atoms with Crippen LogP contribution in [0.2, 0.25) is 0 Å². The Balaban J connectivity index is 1.45. The number of hydrogen-bond acceptors (Lipinski definition) is 2. The van der Waals surface area contributed by atoms with Gasteiger partial charge in [-0.3, -0.25) is 0 Å². The second-order valence-corrected chi connectivity index (χ2v) is 9.97. The van der Waals surface area contributed by atoms with Crippen molar-refractivity contribution in [2.75, 3.05) is 0 Å². The van der Waals surface area contributed by atoms with Crippen molar-refractivity contribution < 1.29 is 9.15 Å². The van der Waals surface area contributed by atoms with Gasteiger partial charge in [0.1, 0.15) is 22.7 Å². The lowest BCUT2D eigenvalue weighted by Gasteiger charge is -2.27. The third kappa shape index (κ3) is 3.10. The van der Waals surface area contributed by atoms with Gasteiger partial charge in [0.25, 0.3) is 0 Å². The largest absolute Gasteiger partial charge is 0.461 e. The van der Waals surface area contributed by atoms with E-state index < -0.39 is 0 Å². The molecule has 0 saturated carbocycles. The highest BCUT2D eigenvalue weighted by molar-refractivity contribution is 6.10. The molecule has 0 fully saturated rings. The van der Waals surface area contributed by atoms with Crippen LogP contribution >= 0.6 is 0 Å². The predicted octanol–water partition coefficient (Wildman–Crippen LogP) is 8.96. The number of allylic oxidation sites excluding steroid dienone is 4. The average molecular weight is 455 g/mol. The minimum atomic E-state index is 0.240.